The molecule has 174 valence electrons. The highest BCUT2D eigenvalue weighted by atomic mass is 32.2. The third-order valence-corrected chi connectivity index (χ3v) is 5.58. The summed E-state index contributed by atoms with van der Waals surface area (Å²) >= 11 is 0. The van der Waals surface area contributed by atoms with E-state index in [2.05, 4.69) is 0 Å². The smallest absolute Gasteiger partial charge is 0.306 e. The number of hydrogen-bond donors (Lipinski definition) is 2. The van der Waals surface area contributed by atoms with Crippen LogP contribution >= 0.6 is 0 Å². The zero-order valence-electron chi connectivity index (χ0n) is 19.3. The normalized spacial score (nSPS) is 11.2. The number of allylic oxidation sites excluding steroid dienone is 1. The van der Waals surface area contributed by atoms with Gasteiger partial charge in [0.05, 0.1) is 6.26 Å². The maximum absolute atomic E-state index is 12.1. The zero-order valence-corrected chi connectivity index (χ0v) is 20.2. The molecule has 33 heavy (non-hydrogen) atoms. The lowest BCUT2D eigenvalue weighted by Gasteiger charge is -2.19. The number of ether oxygens (including phenoxy) is 1. The van der Waals surface area contributed by atoms with Crippen molar-refractivity contribution < 1.29 is 27.6 Å². The second kappa shape index (κ2) is 9.58. The Morgan fingerprint density at radius 1 is 0.970 bits per heavy atom. The minimum atomic E-state index is -3.82. The van der Waals surface area contributed by atoms with Crippen molar-refractivity contribution in [3.05, 3.63) is 71.3 Å². The van der Waals surface area contributed by atoms with Crippen molar-refractivity contribution in [2.45, 2.75) is 27.7 Å². The van der Waals surface area contributed by atoms with Crippen molar-refractivity contribution in [2.24, 2.45) is 0 Å². The number of aryl methyl sites for hydroxylation is 1. The fourth-order valence-electron chi connectivity index (χ4n) is 3.62. The lowest BCUT2D eigenvalue weighted by atomic mass is 9.90. The Kier molecular flexibility index (Phi) is 7.03. The molecule has 0 fully saturated rings. The first-order valence-corrected chi connectivity index (χ1v) is 12.2. The van der Waals surface area contributed by atoms with E-state index in [4.69, 9.17) is 8.92 Å². The summed E-state index contributed by atoms with van der Waals surface area (Å²) in [5, 5.41) is 20.1. The highest BCUT2D eigenvalue weighted by molar-refractivity contribution is 7.86. The quantitative estimate of drug-likeness (QED) is 0.340. The Morgan fingerprint density at radius 2 is 1.61 bits per heavy atom. The lowest BCUT2D eigenvalue weighted by Crippen LogP contribution is -2.09. The van der Waals surface area contributed by atoms with Crippen LogP contribution in [-0.2, 0) is 10.1 Å². The van der Waals surface area contributed by atoms with Gasteiger partial charge in [-0.15, -0.1) is 0 Å². The highest BCUT2D eigenvalue weighted by Gasteiger charge is 2.21. The van der Waals surface area contributed by atoms with Crippen LogP contribution in [0.15, 0.2) is 60.2 Å². The summed E-state index contributed by atoms with van der Waals surface area (Å²) in [6.45, 7) is 7.96. The van der Waals surface area contributed by atoms with Gasteiger partial charge in [-0.05, 0) is 86.4 Å². The molecule has 0 saturated carbocycles. The van der Waals surface area contributed by atoms with Gasteiger partial charge in [-0.3, -0.25) is 0 Å². The zero-order chi connectivity index (χ0) is 24.3. The molecule has 0 unspecified atom stereocenters. The number of phenolic OH excluding ortho intramolecular Hbond substituents is 2. The van der Waals surface area contributed by atoms with E-state index in [1.165, 1.54) is 6.07 Å². The molecule has 0 heterocycles. The van der Waals surface area contributed by atoms with Crippen molar-refractivity contribution >= 4 is 10.1 Å². The predicted octanol–water partition coefficient (Wildman–Crippen LogP) is 5.73. The molecule has 7 heteroatoms. The average Bonchev–Trinajstić information content (AvgIpc) is 2.71. The topological polar surface area (TPSA) is 93.1 Å². The molecule has 0 atom stereocenters. The second-order valence-electron chi connectivity index (χ2n) is 8.18. The Balaban J connectivity index is 2.14. The Hall–Kier alpha value is -3.45. The van der Waals surface area contributed by atoms with Crippen molar-refractivity contribution in [2.75, 3.05) is 12.9 Å². The van der Waals surface area contributed by atoms with Crippen LogP contribution in [0.3, 0.4) is 0 Å². The van der Waals surface area contributed by atoms with Gasteiger partial charge in [0.1, 0.15) is 12.4 Å². The Morgan fingerprint density at radius 3 is 2.18 bits per heavy atom. The molecule has 0 spiro atoms. The van der Waals surface area contributed by atoms with Crippen molar-refractivity contribution in [3.8, 4) is 45.3 Å². The Labute approximate surface area is 194 Å². The molecule has 0 saturated heterocycles. The van der Waals surface area contributed by atoms with Gasteiger partial charge in [0.2, 0.25) is 0 Å². The second-order valence-corrected chi connectivity index (χ2v) is 9.75. The summed E-state index contributed by atoms with van der Waals surface area (Å²) in [4.78, 5) is 0. The summed E-state index contributed by atoms with van der Waals surface area (Å²) in [6.07, 6.45) is 2.90. The van der Waals surface area contributed by atoms with Crippen LogP contribution in [-0.4, -0.2) is 31.5 Å². The summed E-state index contributed by atoms with van der Waals surface area (Å²) in [7, 11) is -3.82. The van der Waals surface area contributed by atoms with Gasteiger partial charge in [-0.1, -0.05) is 23.8 Å². The molecule has 2 N–H and O–H groups in total. The minimum absolute atomic E-state index is 0.0575. The van der Waals surface area contributed by atoms with Crippen molar-refractivity contribution in [1.29, 1.82) is 0 Å². The number of aromatic hydroxyl groups is 2. The maximum atomic E-state index is 12.1. The van der Waals surface area contributed by atoms with Gasteiger partial charge >= 0.3 is 10.1 Å². The third kappa shape index (κ3) is 5.87. The van der Waals surface area contributed by atoms with Gasteiger partial charge in [0, 0.05) is 11.1 Å². The van der Waals surface area contributed by atoms with Crippen LogP contribution in [0.1, 0.15) is 25.0 Å². The molecule has 3 rings (SSSR count). The standard InChI is InChI=1S/C26H28O6S/c1-16(2)12-13-31-24-11-8-20(15-23(24)28)22-14-17(3)25(19-6-9-21(27)10-7-19)18(4)26(22)32-33(5,29)30/h6-12,14-15,27-28H,13H2,1-5H3. The molecule has 3 aromatic carbocycles. The van der Waals surface area contributed by atoms with E-state index < -0.39 is 10.1 Å². The van der Waals surface area contributed by atoms with E-state index in [1.54, 1.807) is 43.3 Å². The predicted molar refractivity (Wildman–Crippen MR) is 131 cm³/mol. The molecule has 0 aliphatic heterocycles. The van der Waals surface area contributed by atoms with Crippen LogP contribution in [0.5, 0.6) is 23.0 Å². The van der Waals surface area contributed by atoms with E-state index in [9.17, 15) is 18.6 Å². The first-order valence-electron chi connectivity index (χ1n) is 10.4. The van der Waals surface area contributed by atoms with E-state index in [0.717, 1.165) is 28.5 Å². The Bertz CT molecular complexity index is 1300. The molecule has 6 nitrogen and oxygen atoms in total. The van der Waals surface area contributed by atoms with Gasteiger partial charge < -0.3 is 19.1 Å². The number of rotatable bonds is 7. The fourth-order valence-corrected chi connectivity index (χ4v) is 4.13. The third-order valence-electron chi connectivity index (χ3n) is 5.11. The van der Waals surface area contributed by atoms with E-state index >= 15 is 0 Å². The molecule has 0 aliphatic carbocycles. The van der Waals surface area contributed by atoms with Gasteiger partial charge in [-0.2, -0.15) is 8.42 Å². The van der Waals surface area contributed by atoms with E-state index in [1.807, 2.05) is 32.9 Å². The summed E-state index contributed by atoms with van der Waals surface area (Å²) in [5.74, 6) is 0.596. The maximum Gasteiger partial charge on any atom is 0.306 e. The van der Waals surface area contributed by atoms with Crippen molar-refractivity contribution in [1.82, 2.24) is 0 Å². The monoisotopic (exact) mass is 468 g/mol. The van der Waals surface area contributed by atoms with Crippen LogP contribution < -0.4 is 8.92 Å². The summed E-state index contributed by atoms with van der Waals surface area (Å²) < 4.78 is 35.2. The number of phenols is 2. The average molecular weight is 469 g/mol. The van der Waals surface area contributed by atoms with Gasteiger partial charge in [0.25, 0.3) is 0 Å². The first kappa shape index (κ1) is 24.2. The molecular weight excluding hydrogens is 440 g/mol. The van der Waals surface area contributed by atoms with Crippen molar-refractivity contribution in [3.63, 3.8) is 0 Å². The molecule has 3 aromatic rings. The largest absolute Gasteiger partial charge is 0.508 e. The van der Waals surface area contributed by atoms with Crippen LogP contribution in [0, 0.1) is 13.8 Å². The van der Waals surface area contributed by atoms with Crippen LogP contribution in [0.2, 0.25) is 0 Å². The molecule has 0 radical (unpaired) electrons. The first-order chi connectivity index (χ1) is 15.5. The molecule has 0 aromatic heterocycles. The molecule has 0 amide bonds. The minimum Gasteiger partial charge on any atom is -0.508 e. The molecular formula is C26H28O6S. The summed E-state index contributed by atoms with van der Waals surface area (Å²) in [5.41, 5.74) is 5.37. The molecule has 0 aliphatic rings. The number of hydrogen-bond acceptors (Lipinski definition) is 6. The molecule has 0 bridgehead atoms. The lowest BCUT2D eigenvalue weighted by molar-refractivity contribution is 0.335. The van der Waals surface area contributed by atoms with E-state index in [0.29, 0.717) is 29.0 Å². The van der Waals surface area contributed by atoms with Crippen LogP contribution in [0.25, 0.3) is 22.3 Å². The van der Waals surface area contributed by atoms with E-state index in [-0.39, 0.29) is 17.2 Å². The fraction of sp³-hybridized carbons (Fsp3) is 0.231. The van der Waals surface area contributed by atoms with Crippen LogP contribution in [0.4, 0.5) is 0 Å². The SMILES string of the molecule is CC(C)=CCOc1ccc(-c2cc(C)c(-c3ccc(O)cc3)c(C)c2OS(C)(=O)=O)cc1O. The van der Waals surface area contributed by atoms with Gasteiger partial charge in [0.15, 0.2) is 17.2 Å². The van der Waals surface area contributed by atoms with Gasteiger partial charge in [-0.25, -0.2) is 0 Å². The summed E-state index contributed by atoms with van der Waals surface area (Å²) in [6, 6.07) is 13.4. The highest BCUT2D eigenvalue weighted by Crippen LogP contribution is 2.43. The number of benzene rings is 3.